The minimum Gasteiger partial charge on any atom is -0.508 e. The van der Waals surface area contributed by atoms with Gasteiger partial charge in [0.25, 0.3) is 0 Å². The molecule has 2 fully saturated rings. The van der Waals surface area contributed by atoms with Crippen LogP contribution in [0, 0.1) is 0 Å². The van der Waals surface area contributed by atoms with E-state index >= 15 is 0 Å². The first-order valence-electron chi connectivity index (χ1n) is 13.0. The fourth-order valence-electron chi connectivity index (χ4n) is 4.90. The highest BCUT2D eigenvalue weighted by molar-refractivity contribution is 5.69. The molecule has 15 heteroatoms. The molecule has 6 unspecified atom stereocenters. The largest absolute Gasteiger partial charge is 0.508 e. The van der Waals surface area contributed by atoms with Crippen molar-refractivity contribution >= 4 is 6.08 Å². The average molecular weight is 597 g/mol. The van der Waals surface area contributed by atoms with Crippen molar-refractivity contribution in [2.45, 2.75) is 74.4 Å². The van der Waals surface area contributed by atoms with Gasteiger partial charge in [-0.15, -0.1) is 0 Å². The number of phenolic OH excluding ortho intramolecular Hbond substituents is 4. The summed E-state index contributed by atoms with van der Waals surface area (Å²) in [6.45, 7) is 0.934. The van der Waals surface area contributed by atoms with Crippen molar-refractivity contribution in [2.75, 3.05) is 6.61 Å². The molecule has 3 aliphatic heterocycles. The van der Waals surface area contributed by atoms with Gasteiger partial charge in [0, 0.05) is 17.7 Å². The van der Waals surface area contributed by atoms with E-state index in [1.54, 1.807) is 0 Å². The third-order valence-corrected chi connectivity index (χ3v) is 7.35. The van der Waals surface area contributed by atoms with Gasteiger partial charge in [0.05, 0.1) is 18.3 Å². The summed E-state index contributed by atoms with van der Waals surface area (Å²) in [6.07, 6.45) is -15.1. The summed E-state index contributed by atoms with van der Waals surface area (Å²) in [5.41, 5.74) is 0.334. The molecule has 3 heterocycles. The number of fused-ring (bicyclic) bond motifs is 1. The Morgan fingerprint density at radius 3 is 2.12 bits per heavy atom. The van der Waals surface area contributed by atoms with Crippen LogP contribution in [0.1, 0.15) is 24.2 Å². The van der Waals surface area contributed by atoms with Gasteiger partial charge in [-0.2, -0.15) is 0 Å². The molecule has 2 aromatic carbocycles. The average Bonchev–Trinajstić information content (AvgIpc) is 2.95. The Hall–Kier alpha value is -3.38. The normalized spacial score (nSPS) is 36.5. The number of ether oxygens (including phenoxy) is 5. The van der Waals surface area contributed by atoms with E-state index in [1.165, 1.54) is 37.3 Å². The number of aromatic hydroxyl groups is 4. The van der Waals surface area contributed by atoms with E-state index in [4.69, 9.17) is 23.7 Å². The third-order valence-electron chi connectivity index (χ3n) is 7.35. The van der Waals surface area contributed by atoms with Gasteiger partial charge in [-0.3, -0.25) is 0 Å². The van der Waals surface area contributed by atoms with E-state index < -0.39 is 85.6 Å². The second kappa shape index (κ2) is 11.7. The Morgan fingerprint density at radius 1 is 0.714 bits per heavy atom. The molecule has 42 heavy (non-hydrogen) atoms. The van der Waals surface area contributed by atoms with Gasteiger partial charge in [-0.25, -0.2) is 0 Å². The molecule has 2 saturated heterocycles. The van der Waals surface area contributed by atoms with Gasteiger partial charge < -0.3 is 74.7 Å². The molecule has 0 aromatic heterocycles. The van der Waals surface area contributed by atoms with Crippen LogP contribution in [-0.4, -0.2) is 119 Å². The van der Waals surface area contributed by atoms with Gasteiger partial charge in [-0.1, -0.05) is 6.07 Å². The van der Waals surface area contributed by atoms with E-state index in [-0.39, 0.29) is 34.1 Å². The SMILES string of the molecule is CC1O[C@@H](OCC2O[C@@H](OC3=Cc4c(O)cc(O)cc4OC3c3ccc(O)c(O)c3)C(O)C(O)[C@@H]2O)C(O)[C@@H](O)[C@H]1O. The van der Waals surface area contributed by atoms with Gasteiger partial charge in [-0.05, 0) is 25.1 Å². The summed E-state index contributed by atoms with van der Waals surface area (Å²) in [5.74, 6) is -1.63. The predicted molar refractivity (Wildman–Crippen MR) is 137 cm³/mol. The number of benzene rings is 2. The summed E-state index contributed by atoms with van der Waals surface area (Å²) in [6, 6.07) is 6.06. The van der Waals surface area contributed by atoms with Crippen molar-refractivity contribution in [3.05, 3.63) is 47.2 Å². The van der Waals surface area contributed by atoms with Gasteiger partial charge in [0.1, 0.15) is 65.7 Å². The molecule has 0 spiro atoms. The van der Waals surface area contributed by atoms with Gasteiger partial charge in [0.2, 0.25) is 6.29 Å². The van der Waals surface area contributed by atoms with Crippen LogP contribution in [0.15, 0.2) is 36.1 Å². The fraction of sp³-hybridized carbons (Fsp3) is 0.481. The number of phenols is 4. The molecule has 11 atom stereocenters. The molecular weight excluding hydrogens is 564 g/mol. The summed E-state index contributed by atoms with van der Waals surface area (Å²) in [4.78, 5) is 0. The maximum atomic E-state index is 10.7. The standard InChI is InChI=1S/C27H32O15/c1-9-19(32)21(34)23(36)26(39-9)38-8-18-20(33)22(35)24(37)27(42-18)41-17-7-12-14(30)5-11(28)6-16(12)40-25(17)10-2-3-13(29)15(31)4-10/h2-7,9,18-37H,8H2,1H3/t9?,18?,19-,20+,21-,22?,23?,24?,25?,26+,27+/m0/s1. The summed E-state index contributed by atoms with van der Waals surface area (Å²) < 4.78 is 28.4. The maximum Gasteiger partial charge on any atom is 0.228 e. The molecular formula is C27H32O15. The first kappa shape index (κ1) is 30.1. The minimum atomic E-state index is -1.81. The first-order valence-corrected chi connectivity index (χ1v) is 13.0. The highest BCUT2D eigenvalue weighted by Gasteiger charge is 2.48. The molecule has 15 nitrogen and oxygen atoms in total. The summed E-state index contributed by atoms with van der Waals surface area (Å²) in [5, 5.41) is 102. The number of hydrogen-bond donors (Lipinski definition) is 10. The van der Waals surface area contributed by atoms with Crippen LogP contribution in [0.4, 0.5) is 0 Å². The number of hydrogen-bond acceptors (Lipinski definition) is 15. The van der Waals surface area contributed by atoms with Crippen LogP contribution in [0.2, 0.25) is 0 Å². The van der Waals surface area contributed by atoms with E-state index in [0.717, 1.165) is 6.07 Å². The Labute approximate surface area is 238 Å². The van der Waals surface area contributed by atoms with E-state index in [2.05, 4.69) is 0 Å². The zero-order valence-corrected chi connectivity index (χ0v) is 22.0. The first-order chi connectivity index (χ1) is 19.8. The number of aliphatic hydroxyl groups excluding tert-OH is 6. The lowest BCUT2D eigenvalue weighted by molar-refractivity contribution is -0.324. The van der Waals surface area contributed by atoms with Crippen LogP contribution in [-0.2, 0) is 18.9 Å². The molecule has 3 aliphatic rings. The van der Waals surface area contributed by atoms with Crippen molar-refractivity contribution in [1.29, 1.82) is 0 Å². The number of aliphatic hydroxyl groups is 6. The Kier molecular flexibility index (Phi) is 8.39. The van der Waals surface area contributed by atoms with Crippen LogP contribution < -0.4 is 4.74 Å². The molecule has 0 radical (unpaired) electrons. The zero-order valence-electron chi connectivity index (χ0n) is 22.0. The van der Waals surface area contributed by atoms with Crippen molar-refractivity contribution in [1.82, 2.24) is 0 Å². The smallest absolute Gasteiger partial charge is 0.228 e. The third kappa shape index (κ3) is 5.66. The van der Waals surface area contributed by atoms with E-state index in [1.807, 2.05) is 0 Å². The minimum absolute atomic E-state index is 0.0387. The molecule has 0 saturated carbocycles. The van der Waals surface area contributed by atoms with Gasteiger partial charge >= 0.3 is 0 Å². The number of rotatable bonds is 6. The highest BCUT2D eigenvalue weighted by Crippen LogP contribution is 2.45. The molecule has 2 aromatic rings. The topological polar surface area (TPSA) is 248 Å². The van der Waals surface area contributed by atoms with Crippen LogP contribution >= 0.6 is 0 Å². The lowest BCUT2D eigenvalue weighted by atomic mass is 9.98. The fourth-order valence-corrected chi connectivity index (χ4v) is 4.90. The van der Waals surface area contributed by atoms with E-state index in [0.29, 0.717) is 0 Å². The molecule has 0 aliphatic carbocycles. The molecule has 0 amide bonds. The van der Waals surface area contributed by atoms with Crippen molar-refractivity contribution in [3.8, 4) is 28.7 Å². The van der Waals surface area contributed by atoms with Crippen molar-refractivity contribution in [2.24, 2.45) is 0 Å². The molecule has 10 N–H and O–H groups in total. The Bertz CT molecular complexity index is 1320. The summed E-state index contributed by atoms with van der Waals surface area (Å²) >= 11 is 0. The van der Waals surface area contributed by atoms with E-state index in [9.17, 15) is 51.1 Å². The quantitative estimate of drug-likeness (QED) is 0.173. The summed E-state index contributed by atoms with van der Waals surface area (Å²) in [7, 11) is 0. The second-order valence-electron chi connectivity index (χ2n) is 10.3. The molecule has 230 valence electrons. The second-order valence-corrected chi connectivity index (χ2v) is 10.3. The molecule has 5 rings (SSSR count). The Balaban J connectivity index is 1.39. The van der Waals surface area contributed by atoms with Crippen LogP contribution in [0.5, 0.6) is 28.7 Å². The molecule has 0 bridgehead atoms. The Morgan fingerprint density at radius 2 is 1.40 bits per heavy atom. The maximum absolute atomic E-state index is 10.7. The predicted octanol–water partition coefficient (Wildman–Crippen LogP) is -1.35. The van der Waals surface area contributed by atoms with Crippen LogP contribution in [0.25, 0.3) is 6.08 Å². The van der Waals surface area contributed by atoms with Crippen molar-refractivity contribution in [3.63, 3.8) is 0 Å². The van der Waals surface area contributed by atoms with Gasteiger partial charge in [0.15, 0.2) is 23.9 Å². The van der Waals surface area contributed by atoms with Crippen molar-refractivity contribution < 1.29 is 74.7 Å². The monoisotopic (exact) mass is 596 g/mol. The highest BCUT2D eigenvalue weighted by atomic mass is 16.7. The lowest BCUT2D eigenvalue weighted by Gasteiger charge is -2.43. The zero-order chi connectivity index (χ0) is 30.5. The lowest BCUT2D eigenvalue weighted by Crippen LogP contribution is -2.61. The van der Waals surface area contributed by atoms with Crippen LogP contribution in [0.3, 0.4) is 0 Å².